The Bertz CT molecular complexity index is 2010. The molecule has 4 aromatic rings. The first-order chi connectivity index (χ1) is 26.5. The van der Waals surface area contributed by atoms with E-state index in [1.54, 1.807) is 48.1 Å². The maximum atomic E-state index is 13.0. The van der Waals surface area contributed by atoms with E-state index in [-0.39, 0.29) is 17.2 Å². The summed E-state index contributed by atoms with van der Waals surface area (Å²) in [4.78, 5) is 32.3. The lowest BCUT2D eigenvalue weighted by Gasteiger charge is -2.47. The average Bonchev–Trinajstić information content (AvgIpc) is 3.73. The normalized spacial score (nSPS) is 23.4. The van der Waals surface area contributed by atoms with Crippen molar-refractivity contribution in [2.75, 3.05) is 32.1 Å². The number of nitrogens with zero attached hydrogens (tertiary/aromatic N) is 4. The number of hydrogen-bond donors (Lipinski definition) is 2. The lowest BCUT2D eigenvalue weighted by atomic mass is 9.59. The van der Waals surface area contributed by atoms with E-state index in [2.05, 4.69) is 47.4 Å². The highest BCUT2D eigenvalue weighted by atomic mass is 35.5. The van der Waals surface area contributed by atoms with E-state index in [1.807, 2.05) is 24.4 Å². The van der Waals surface area contributed by atoms with Crippen LogP contribution in [0.3, 0.4) is 0 Å². The Balaban J connectivity index is 1.07. The fourth-order valence-corrected chi connectivity index (χ4v) is 9.73. The minimum absolute atomic E-state index is 0.0700. The predicted molar refractivity (Wildman–Crippen MR) is 214 cm³/mol. The van der Waals surface area contributed by atoms with Gasteiger partial charge in [-0.15, -0.1) is 0 Å². The Kier molecular flexibility index (Phi) is 11.4. The number of hydrogen-bond acceptors (Lipinski definition) is 7. The quantitative estimate of drug-likeness (QED) is 0.123. The van der Waals surface area contributed by atoms with Crippen molar-refractivity contribution in [1.82, 2.24) is 19.7 Å². The molecule has 0 unspecified atom stereocenters. The summed E-state index contributed by atoms with van der Waals surface area (Å²) in [7, 11) is 3.57. The first kappa shape index (κ1) is 38.7. The van der Waals surface area contributed by atoms with Crippen LogP contribution in [0.2, 0.25) is 5.02 Å². The molecule has 10 nitrogen and oxygen atoms in total. The highest BCUT2D eigenvalue weighted by Crippen LogP contribution is 2.57. The molecule has 3 aliphatic carbocycles. The van der Waals surface area contributed by atoms with Crippen molar-refractivity contribution in [2.45, 2.75) is 94.9 Å². The molecule has 0 aliphatic heterocycles. The molecule has 55 heavy (non-hydrogen) atoms. The summed E-state index contributed by atoms with van der Waals surface area (Å²) in [6.07, 6.45) is 11.9. The summed E-state index contributed by atoms with van der Waals surface area (Å²) in [5, 5.41) is 18.8. The molecule has 1 saturated carbocycles. The maximum absolute atomic E-state index is 13.0. The molecule has 0 saturated heterocycles. The van der Waals surface area contributed by atoms with Crippen LogP contribution in [0, 0.1) is 11.8 Å². The van der Waals surface area contributed by atoms with E-state index in [0.29, 0.717) is 61.6 Å². The summed E-state index contributed by atoms with van der Waals surface area (Å²) < 4.78 is 14.5. The Labute approximate surface area is 329 Å². The van der Waals surface area contributed by atoms with Gasteiger partial charge in [0.25, 0.3) is 5.91 Å². The molecule has 1 amide bonds. The summed E-state index contributed by atoms with van der Waals surface area (Å²) in [6, 6.07) is 17.6. The van der Waals surface area contributed by atoms with Crippen LogP contribution >= 0.6 is 11.6 Å². The highest BCUT2D eigenvalue weighted by Gasteiger charge is 2.54. The van der Waals surface area contributed by atoms with Crippen molar-refractivity contribution >= 4 is 29.2 Å². The van der Waals surface area contributed by atoms with Gasteiger partial charge in [-0.05, 0) is 141 Å². The molecule has 7 rings (SSSR count). The second-order valence-electron chi connectivity index (χ2n) is 16.3. The van der Waals surface area contributed by atoms with E-state index >= 15 is 0 Å². The minimum atomic E-state index is -1.10. The molecule has 11 heteroatoms. The maximum Gasteiger partial charge on any atom is 0.329 e. The Morgan fingerprint density at radius 2 is 1.91 bits per heavy atom. The van der Waals surface area contributed by atoms with Gasteiger partial charge in [-0.3, -0.25) is 14.5 Å². The largest absolute Gasteiger partial charge is 0.494 e. The van der Waals surface area contributed by atoms with Gasteiger partial charge in [-0.1, -0.05) is 37.6 Å². The highest BCUT2D eigenvalue weighted by molar-refractivity contribution is 6.30. The monoisotopic (exact) mass is 767 g/mol. The van der Waals surface area contributed by atoms with Crippen molar-refractivity contribution in [3.8, 4) is 11.5 Å². The molecule has 2 N–H and O–H groups in total. The number of aromatic nitrogens is 3. The van der Waals surface area contributed by atoms with E-state index < -0.39 is 11.5 Å². The van der Waals surface area contributed by atoms with Crippen molar-refractivity contribution in [3.05, 3.63) is 100 Å². The van der Waals surface area contributed by atoms with Crippen LogP contribution in [0.1, 0.15) is 104 Å². The topological polar surface area (TPSA) is 119 Å². The number of carboxylic acids is 1. The van der Waals surface area contributed by atoms with E-state index in [9.17, 15) is 14.7 Å². The van der Waals surface area contributed by atoms with Gasteiger partial charge in [0.05, 0.1) is 13.2 Å². The van der Waals surface area contributed by atoms with Gasteiger partial charge >= 0.3 is 5.97 Å². The van der Waals surface area contributed by atoms with E-state index in [0.717, 1.165) is 55.7 Å². The van der Waals surface area contributed by atoms with Gasteiger partial charge in [0, 0.05) is 55.0 Å². The zero-order valence-electron chi connectivity index (χ0n) is 32.5. The third-order valence-corrected chi connectivity index (χ3v) is 12.8. The molecular formula is C44H54ClN5O5. The smallest absolute Gasteiger partial charge is 0.329 e. The van der Waals surface area contributed by atoms with Crippen molar-refractivity contribution in [3.63, 3.8) is 0 Å². The summed E-state index contributed by atoms with van der Waals surface area (Å²) in [5.74, 6) is 1.93. The van der Waals surface area contributed by atoms with Crippen molar-refractivity contribution in [2.24, 2.45) is 18.9 Å². The van der Waals surface area contributed by atoms with Crippen LogP contribution in [0.15, 0.2) is 67.0 Å². The Hall–Kier alpha value is -4.57. The lowest BCUT2D eigenvalue weighted by Crippen LogP contribution is -2.53. The Morgan fingerprint density at radius 3 is 2.65 bits per heavy atom. The number of fused-ring (bicyclic) bond motifs is 3. The number of carbonyl (C=O) groups excluding carboxylic acids is 1. The van der Waals surface area contributed by atoms with Crippen LogP contribution in [0.25, 0.3) is 0 Å². The van der Waals surface area contributed by atoms with Gasteiger partial charge in [-0.2, -0.15) is 5.10 Å². The summed E-state index contributed by atoms with van der Waals surface area (Å²) >= 11 is 6.30. The first-order valence-corrected chi connectivity index (χ1v) is 20.2. The molecule has 3 atom stereocenters. The van der Waals surface area contributed by atoms with E-state index in [1.165, 1.54) is 28.8 Å². The third kappa shape index (κ3) is 8.06. The predicted octanol–water partition coefficient (Wildman–Crippen LogP) is 8.47. The van der Waals surface area contributed by atoms with Crippen LogP contribution in [-0.2, 0) is 30.1 Å². The molecule has 2 aromatic carbocycles. The number of rotatable bonds is 14. The standard InChI is InChI=1S/C44H54ClN5O5/c1-29(28-55-39-15-20-46-37-11-5-8-30(2)40(37)39)24-32-25-31-12-13-35(54-23-7-22-49(3)41(51)38-14-21-47-50(38)4)27-36(31)43(32)16-18-44(19-17-43,42(52)53)48-34-10-6-9-33(45)26-34/h6,9-10,12-15,20-21,26-27,29-30,32,48H,5,7-8,11,16-19,22-25,28H2,1-4H3,(H,52,53)/t29-,30-,32+,43?,44?/m1/s1. The summed E-state index contributed by atoms with van der Waals surface area (Å²) in [6.45, 7) is 6.20. The minimum Gasteiger partial charge on any atom is -0.494 e. The van der Waals surface area contributed by atoms with Crippen molar-refractivity contribution < 1.29 is 24.2 Å². The molecule has 2 aromatic heterocycles. The number of anilines is 1. The number of amides is 1. The molecule has 3 aliphatic rings. The second-order valence-corrected chi connectivity index (χ2v) is 16.7. The van der Waals surface area contributed by atoms with Gasteiger partial charge in [-0.25, -0.2) is 4.79 Å². The van der Waals surface area contributed by atoms with Gasteiger partial charge in [0.15, 0.2) is 0 Å². The molecule has 1 spiro atoms. The zero-order valence-corrected chi connectivity index (χ0v) is 33.3. The Morgan fingerprint density at radius 1 is 1.09 bits per heavy atom. The van der Waals surface area contributed by atoms with Gasteiger partial charge in [0.2, 0.25) is 0 Å². The van der Waals surface area contributed by atoms with Crippen LogP contribution in [0.4, 0.5) is 5.69 Å². The number of aryl methyl sites for hydroxylation is 2. The fourth-order valence-electron chi connectivity index (χ4n) is 9.54. The molecule has 2 heterocycles. The first-order valence-electron chi connectivity index (χ1n) is 19.9. The third-order valence-electron chi connectivity index (χ3n) is 12.6. The molecular weight excluding hydrogens is 714 g/mol. The lowest BCUT2D eigenvalue weighted by molar-refractivity contribution is -0.144. The molecule has 292 valence electrons. The van der Waals surface area contributed by atoms with E-state index in [4.69, 9.17) is 21.1 Å². The number of carboxylic acid groups (broad SMARTS) is 1. The average molecular weight is 768 g/mol. The zero-order chi connectivity index (χ0) is 38.7. The number of nitrogens with one attached hydrogen (secondary N) is 1. The second kappa shape index (κ2) is 16.3. The number of halogens is 1. The summed E-state index contributed by atoms with van der Waals surface area (Å²) in [5.41, 5.74) is 5.02. The fraction of sp³-hybridized carbons (Fsp3) is 0.500. The number of aliphatic carboxylic acids is 1. The number of ether oxygens (including phenoxy) is 2. The van der Waals surface area contributed by atoms with Crippen LogP contribution in [-0.4, -0.2) is 69.0 Å². The van der Waals surface area contributed by atoms with Crippen LogP contribution < -0.4 is 14.8 Å². The van der Waals surface area contributed by atoms with Gasteiger partial charge < -0.3 is 24.8 Å². The number of carbonyl (C=O) groups is 2. The number of pyridine rings is 1. The SMILES string of the molecule is C[C@@H](COc1ccnc2c1[C@H](C)CCC2)C[C@H]1Cc2ccc(OCCCN(C)C(=O)c3ccnn3C)cc2C12CCC(Nc1cccc(Cl)c1)(C(=O)O)CC2. The van der Waals surface area contributed by atoms with Crippen molar-refractivity contribution in [1.29, 1.82) is 0 Å². The van der Waals surface area contributed by atoms with Crippen LogP contribution in [0.5, 0.6) is 11.5 Å². The molecule has 0 radical (unpaired) electrons. The van der Waals surface area contributed by atoms with Gasteiger partial charge in [0.1, 0.15) is 22.7 Å². The molecule has 0 bridgehead atoms. The number of benzene rings is 2. The molecule has 1 fully saturated rings.